The summed E-state index contributed by atoms with van der Waals surface area (Å²) < 4.78 is 20.5. The standard InChI is InChI=1S/C25H24FN5O2/c1-33-23-14-19(8-11-22(23)32)24(30-13-12-18-4-2-3-5-20(18)16-30)25-27-28-29-31(25)15-17-6-9-21(26)10-7-17/h2-11,14,24,32H,12-13,15-16H2,1H3. The highest BCUT2D eigenvalue weighted by Gasteiger charge is 2.31. The Balaban J connectivity index is 1.55. The minimum absolute atomic E-state index is 0.0786. The van der Waals surface area contributed by atoms with Crippen molar-refractivity contribution in [3.8, 4) is 11.5 Å². The van der Waals surface area contributed by atoms with E-state index in [0.717, 1.165) is 30.6 Å². The number of aromatic nitrogens is 4. The maximum atomic E-state index is 13.4. The number of phenolic OH excluding ortho intramolecular Hbond substituents is 1. The van der Waals surface area contributed by atoms with Gasteiger partial charge in [0.15, 0.2) is 17.3 Å². The maximum absolute atomic E-state index is 13.4. The molecule has 33 heavy (non-hydrogen) atoms. The van der Waals surface area contributed by atoms with Gasteiger partial charge in [-0.1, -0.05) is 42.5 Å². The molecule has 2 heterocycles. The number of hydrogen-bond acceptors (Lipinski definition) is 6. The smallest absolute Gasteiger partial charge is 0.173 e. The highest BCUT2D eigenvalue weighted by Crippen LogP contribution is 2.36. The molecular formula is C25H24FN5O2. The Hall–Kier alpha value is -3.78. The maximum Gasteiger partial charge on any atom is 0.173 e. The molecule has 0 aliphatic carbocycles. The monoisotopic (exact) mass is 445 g/mol. The van der Waals surface area contributed by atoms with Gasteiger partial charge in [-0.25, -0.2) is 9.07 Å². The molecule has 0 spiro atoms. The number of ether oxygens (including phenoxy) is 1. The highest BCUT2D eigenvalue weighted by atomic mass is 19.1. The van der Waals surface area contributed by atoms with Crippen molar-refractivity contribution in [2.75, 3.05) is 13.7 Å². The Morgan fingerprint density at radius 3 is 2.64 bits per heavy atom. The molecule has 168 valence electrons. The van der Waals surface area contributed by atoms with Crippen LogP contribution in [0.25, 0.3) is 0 Å². The fraction of sp³-hybridized carbons (Fsp3) is 0.240. The van der Waals surface area contributed by atoms with E-state index in [2.05, 4.69) is 44.7 Å². The number of tetrazole rings is 1. The Morgan fingerprint density at radius 2 is 1.85 bits per heavy atom. The van der Waals surface area contributed by atoms with Crippen molar-refractivity contribution in [2.24, 2.45) is 0 Å². The molecule has 0 radical (unpaired) electrons. The lowest BCUT2D eigenvalue weighted by atomic mass is 9.95. The second kappa shape index (κ2) is 8.99. The lowest BCUT2D eigenvalue weighted by molar-refractivity contribution is 0.194. The van der Waals surface area contributed by atoms with E-state index >= 15 is 0 Å². The molecule has 0 saturated heterocycles. The summed E-state index contributed by atoms with van der Waals surface area (Å²) in [6.45, 7) is 1.99. The van der Waals surface area contributed by atoms with Gasteiger partial charge in [-0.3, -0.25) is 4.90 Å². The van der Waals surface area contributed by atoms with E-state index in [0.29, 0.717) is 18.1 Å². The van der Waals surface area contributed by atoms with E-state index in [1.165, 1.54) is 30.4 Å². The molecule has 1 aromatic heterocycles. The molecule has 1 aliphatic heterocycles. The van der Waals surface area contributed by atoms with Crippen LogP contribution in [0.4, 0.5) is 4.39 Å². The van der Waals surface area contributed by atoms with E-state index in [-0.39, 0.29) is 17.6 Å². The minimum atomic E-state index is -0.281. The molecule has 0 amide bonds. The fourth-order valence-corrected chi connectivity index (χ4v) is 4.41. The van der Waals surface area contributed by atoms with Crippen LogP contribution in [0.15, 0.2) is 66.7 Å². The van der Waals surface area contributed by atoms with Gasteiger partial charge in [-0.2, -0.15) is 0 Å². The second-order valence-corrected chi connectivity index (χ2v) is 8.14. The lowest BCUT2D eigenvalue weighted by Gasteiger charge is -2.35. The predicted octanol–water partition coefficient (Wildman–Crippen LogP) is 3.72. The SMILES string of the molecule is COc1cc(C(c2nnnn2Cc2ccc(F)cc2)N2CCc3ccccc3C2)ccc1O. The van der Waals surface area contributed by atoms with Crippen LogP contribution in [0.1, 0.15) is 34.1 Å². The molecule has 7 nitrogen and oxygen atoms in total. The number of halogens is 1. The van der Waals surface area contributed by atoms with E-state index in [1.807, 2.05) is 12.1 Å². The van der Waals surface area contributed by atoms with Crippen molar-refractivity contribution in [3.63, 3.8) is 0 Å². The van der Waals surface area contributed by atoms with E-state index in [4.69, 9.17) is 4.74 Å². The third-order valence-corrected chi connectivity index (χ3v) is 6.09. The first-order valence-corrected chi connectivity index (χ1v) is 10.8. The van der Waals surface area contributed by atoms with Crippen molar-refractivity contribution in [1.82, 2.24) is 25.1 Å². The molecule has 1 unspecified atom stereocenters. The second-order valence-electron chi connectivity index (χ2n) is 8.14. The normalized spacial score (nSPS) is 14.6. The highest BCUT2D eigenvalue weighted by molar-refractivity contribution is 5.44. The molecule has 0 fully saturated rings. The zero-order chi connectivity index (χ0) is 22.8. The molecular weight excluding hydrogens is 421 g/mol. The molecule has 3 aromatic carbocycles. The Labute approximate surface area is 191 Å². The summed E-state index contributed by atoms with van der Waals surface area (Å²) in [5.41, 5.74) is 4.44. The van der Waals surface area contributed by atoms with Crippen LogP contribution in [0.2, 0.25) is 0 Å². The van der Waals surface area contributed by atoms with E-state index < -0.39 is 0 Å². The fourth-order valence-electron chi connectivity index (χ4n) is 4.41. The number of fused-ring (bicyclic) bond motifs is 1. The summed E-state index contributed by atoms with van der Waals surface area (Å²) in [5.74, 6) is 0.866. The quantitative estimate of drug-likeness (QED) is 0.488. The molecule has 1 aliphatic rings. The van der Waals surface area contributed by atoms with Gasteiger partial charge in [0.2, 0.25) is 0 Å². The first-order chi connectivity index (χ1) is 16.1. The average molecular weight is 445 g/mol. The van der Waals surface area contributed by atoms with Crippen molar-refractivity contribution >= 4 is 0 Å². The number of rotatable bonds is 6. The molecule has 4 aromatic rings. The van der Waals surface area contributed by atoms with Crippen LogP contribution in [0.5, 0.6) is 11.5 Å². The van der Waals surface area contributed by atoms with E-state index in [9.17, 15) is 9.50 Å². The lowest BCUT2D eigenvalue weighted by Crippen LogP contribution is -2.36. The zero-order valence-electron chi connectivity index (χ0n) is 18.2. The summed E-state index contributed by atoms with van der Waals surface area (Å²) in [4.78, 5) is 2.33. The number of phenols is 1. The van der Waals surface area contributed by atoms with E-state index in [1.54, 1.807) is 22.9 Å². The summed E-state index contributed by atoms with van der Waals surface area (Å²) in [7, 11) is 1.53. The average Bonchev–Trinajstić information content (AvgIpc) is 3.29. The number of nitrogens with zero attached hydrogens (tertiary/aromatic N) is 5. The third kappa shape index (κ3) is 4.29. The van der Waals surface area contributed by atoms with Gasteiger partial charge < -0.3 is 9.84 Å². The number of aromatic hydroxyl groups is 1. The molecule has 8 heteroatoms. The van der Waals surface area contributed by atoms with Gasteiger partial charge in [0, 0.05) is 13.1 Å². The largest absolute Gasteiger partial charge is 0.504 e. The molecule has 5 rings (SSSR count). The summed E-state index contributed by atoms with van der Waals surface area (Å²) in [6.07, 6.45) is 0.918. The third-order valence-electron chi connectivity index (χ3n) is 6.09. The molecule has 0 bridgehead atoms. The Bertz CT molecular complexity index is 1260. The van der Waals surface area contributed by atoms with Crippen LogP contribution in [0, 0.1) is 5.82 Å². The topological polar surface area (TPSA) is 76.3 Å². The van der Waals surface area contributed by atoms with Crippen LogP contribution < -0.4 is 4.74 Å². The number of methoxy groups -OCH3 is 1. The summed E-state index contributed by atoms with van der Waals surface area (Å²) >= 11 is 0. The number of hydrogen-bond donors (Lipinski definition) is 1. The van der Waals surface area contributed by atoms with Gasteiger partial charge in [0.25, 0.3) is 0 Å². The summed E-state index contributed by atoms with van der Waals surface area (Å²) in [5, 5.41) is 22.7. The molecule has 1 N–H and O–H groups in total. The van der Waals surface area contributed by atoms with Crippen molar-refractivity contribution < 1.29 is 14.2 Å². The Kier molecular flexibility index (Phi) is 5.75. The first-order valence-electron chi connectivity index (χ1n) is 10.8. The van der Waals surface area contributed by atoms with Crippen molar-refractivity contribution in [2.45, 2.75) is 25.6 Å². The Morgan fingerprint density at radius 1 is 1.06 bits per heavy atom. The molecule has 0 saturated carbocycles. The number of benzene rings is 3. The van der Waals surface area contributed by atoms with Crippen LogP contribution in [0.3, 0.4) is 0 Å². The van der Waals surface area contributed by atoms with Gasteiger partial charge >= 0.3 is 0 Å². The van der Waals surface area contributed by atoms with Gasteiger partial charge in [0.05, 0.1) is 19.7 Å². The first kappa shape index (κ1) is 21.1. The summed E-state index contributed by atoms with van der Waals surface area (Å²) in [6, 6.07) is 19.9. The van der Waals surface area contributed by atoms with Crippen LogP contribution in [-0.2, 0) is 19.5 Å². The predicted molar refractivity (Wildman–Crippen MR) is 120 cm³/mol. The zero-order valence-corrected chi connectivity index (χ0v) is 18.2. The minimum Gasteiger partial charge on any atom is -0.504 e. The van der Waals surface area contributed by atoms with Crippen LogP contribution in [-0.4, -0.2) is 43.9 Å². The van der Waals surface area contributed by atoms with Crippen molar-refractivity contribution in [3.05, 3.63) is 101 Å². The van der Waals surface area contributed by atoms with Gasteiger partial charge in [-0.05, 0) is 63.4 Å². The van der Waals surface area contributed by atoms with Gasteiger partial charge in [-0.15, -0.1) is 5.10 Å². The van der Waals surface area contributed by atoms with Crippen LogP contribution >= 0.6 is 0 Å². The van der Waals surface area contributed by atoms with Gasteiger partial charge in [0.1, 0.15) is 5.82 Å². The van der Waals surface area contributed by atoms with Crippen molar-refractivity contribution in [1.29, 1.82) is 0 Å². The molecule has 1 atom stereocenters.